The third kappa shape index (κ3) is 3.07. The quantitative estimate of drug-likeness (QED) is 0.619. The predicted molar refractivity (Wildman–Crippen MR) is 97.2 cm³/mol. The van der Waals surface area contributed by atoms with Crippen molar-refractivity contribution < 1.29 is 4.79 Å². The number of pyridine rings is 1. The van der Waals surface area contributed by atoms with Gasteiger partial charge in [0.05, 0.1) is 34.9 Å². The van der Waals surface area contributed by atoms with Gasteiger partial charge in [-0.15, -0.1) is 0 Å². The highest BCUT2D eigenvalue weighted by Gasteiger charge is 2.13. The minimum absolute atomic E-state index is 0.238. The third-order valence-electron chi connectivity index (χ3n) is 3.81. The van der Waals surface area contributed by atoms with Crippen LogP contribution in [0.3, 0.4) is 0 Å². The maximum atomic E-state index is 12.7. The second-order valence-corrected chi connectivity index (χ2v) is 5.49. The van der Waals surface area contributed by atoms with Crippen molar-refractivity contribution in [1.82, 2.24) is 15.0 Å². The maximum absolute atomic E-state index is 12.7. The lowest BCUT2D eigenvalue weighted by atomic mass is 10.1. The molecule has 0 spiro atoms. The summed E-state index contributed by atoms with van der Waals surface area (Å²) in [5.41, 5.74) is 4.06. The van der Waals surface area contributed by atoms with Crippen LogP contribution in [0.25, 0.3) is 22.3 Å². The largest absolute Gasteiger partial charge is 0.321 e. The molecule has 0 radical (unpaired) electrons. The summed E-state index contributed by atoms with van der Waals surface area (Å²) >= 11 is 0. The lowest BCUT2D eigenvalue weighted by Crippen LogP contribution is -2.13. The van der Waals surface area contributed by atoms with Crippen LogP contribution in [0.4, 0.5) is 5.69 Å². The van der Waals surface area contributed by atoms with Crippen molar-refractivity contribution in [1.29, 1.82) is 0 Å². The van der Waals surface area contributed by atoms with E-state index in [-0.39, 0.29) is 5.91 Å². The van der Waals surface area contributed by atoms with E-state index in [1.165, 1.54) is 0 Å². The van der Waals surface area contributed by atoms with E-state index in [2.05, 4.69) is 20.3 Å². The van der Waals surface area contributed by atoms with Crippen LogP contribution < -0.4 is 5.32 Å². The van der Waals surface area contributed by atoms with Gasteiger partial charge >= 0.3 is 0 Å². The molecule has 120 valence electrons. The van der Waals surface area contributed by atoms with Crippen LogP contribution in [-0.4, -0.2) is 20.9 Å². The number of amides is 1. The minimum atomic E-state index is -0.238. The number of carbonyl (C=O) groups excluding carboxylic acids is 1. The molecule has 0 saturated carbocycles. The van der Waals surface area contributed by atoms with Crippen LogP contribution in [0, 0.1) is 0 Å². The van der Waals surface area contributed by atoms with Gasteiger partial charge in [0.2, 0.25) is 0 Å². The molecule has 0 aliphatic heterocycles. The van der Waals surface area contributed by atoms with Crippen LogP contribution in [-0.2, 0) is 0 Å². The lowest BCUT2D eigenvalue weighted by Gasteiger charge is -2.08. The molecule has 2 aromatic heterocycles. The molecule has 0 unspecified atom stereocenters. The maximum Gasteiger partial charge on any atom is 0.257 e. The van der Waals surface area contributed by atoms with E-state index in [1.54, 1.807) is 42.9 Å². The first-order chi connectivity index (χ1) is 12.3. The summed E-state index contributed by atoms with van der Waals surface area (Å²) in [6, 6.07) is 18.7. The Morgan fingerprint density at radius 3 is 2.56 bits per heavy atom. The third-order valence-corrected chi connectivity index (χ3v) is 3.81. The Morgan fingerprint density at radius 2 is 1.76 bits per heavy atom. The number of hydrogen-bond donors (Lipinski definition) is 1. The molecule has 0 atom stereocenters. The molecular formula is C20H14N4O. The van der Waals surface area contributed by atoms with Crippen molar-refractivity contribution in [3.05, 3.63) is 84.8 Å². The normalized spacial score (nSPS) is 10.6. The summed E-state index contributed by atoms with van der Waals surface area (Å²) in [4.78, 5) is 25.8. The van der Waals surface area contributed by atoms with Gasteiger partial charge in [0, 0.05) is 11.8 Å². The molecule has 0 aliphatic rings. The Bertz CT molecular complexity index is 1030. The number of nitrogens with one attached hydrogen (secondary N) is 1. The molecule has 5 heteroatoms. The van der Waals surface area contributed by atoms with Gasteiger partial charge in [-0.05, 0) is 24.3 Å². The van der Waals surface area contributed by atoms with Crippen molar-refractivity contribution in [2.24, 2.45) is 0 Å². The van der Waals surface area contributed by atoms with Gasteiger partial charge in [0.15, 0.2) is 0 Å². The standard InChI is InChI=1S/C20H14N4O/c25-20(23-15-8-5-11-21-12-15)16-9-4-10-17-19(16)24-18(13-22-17)14-6-2-1-3-7-14/h1-13H,(H,23,25). The topological polar surface area (TPSA) is 67.8 Å². The number of para-hydroxylation sites is 1. The molecular weight excluding hydrogens is 312 g/mol. The average molecular weight is 326 g/mol. The summed E-state index contributed by atoms with van der Waals surface area (Å²) in [5, 5.41) is 2.84. The zero-order valence-corrected chi connectivity index (χ0v) is 13.3. The van der Waals surface area contributed by atoms with Gasteiger partial charge in [-0.1, -0.05) is 36.4 Å². The molecule has 4 aromatic rings. The van der Waals surface area contributed by atoms with E-state index in [1.807, 2.05) is 36.4 Å². The molecule has 25 heavy (non-hydrogen) atoms. The molecule has 1 N–H and O–H groups in total. The number of anilines is 1. The number of hydrogen-bond acceptors (Lipinski definition) is 4. The first-order valence-corrected chi connectivity index (χ1v) is 7.84. The van der Waals surface area contributed by atoms with Gasteiger partial charge in [0.1, 0.15) is 5.52 Å². The van der Waals surface area contributed by atoms with E-state index < -0.39 is 0 Å². The highest BCUT2D eigenvalue weighted by atomic mass is 16.1. The summed E-state index contributed by atoms with van der Waals surface area (Å²) in [7, 11) is 0. The summed E-state index contributed by atoms with van der Waals surface area (Å²) in [6.45, 7) is 0. The molecule has 2 aromatic carbocycles. The van der Waals surface area contributed by atoms with E-state index in [0.717, 1.165) is 11.3 Å². The van der Waals surface area contributed by atoms with Crippen molar-refractivity contribution in [2.45, 2.75) is 0 Å². The summed E-state index contributed by atoms with van der Waals surface area (Å²) in [6.07, 6.45) is 4.98. The van der Waals surface area contributed by atoms with Crippen LogP contribution in [0.2, 0.25) is 0 Å². The Morgan fingerprint density at radius 1 is 0.880 bits per heavy atom. The zero-order chi connectivity index (χ0) is 17.1. The summed E-state index contributed by atoms with van der Waals surface area (Å²) < 4.78 is 0. The Hall–Kier alpha value is -3.60. The van der Waals surface area contributed by atoms with Crippen LogP contribution >= 0.6 is 0 Å². The van der Waals surface area contributed by atoms with Crippen LogP contribution in [0.1, 0.15) is 10.4 Å². The molecule has 0 bridgehead atoms. The highest BCUT2D eigenvalue weighted by Crippen LogP contribution is 2.22. The Balaban J connectivity index is 1.77. The monoisotopic (exact) mass is 326 g/mol. The first kappa shape index (κ1) is 15.0. The Kier molecular flexibility index (Phi) is 3.88. The fourth-order valence-corrected chi connectivity index (χ4v) is 2.60. The number of benzene rings is 2. The van der Waals surface area contributed by atoms with Gasteiger partial charge in [0.25, 0.3) is 5.91 Å². The van der Waals surface area contributed by atoms with Gasteiger partial charge in [-0.3, -0.25) is 14.8 Å². The molecule has 0 aliphatic carbocycles. The fourth-order valence-electron chi connectivity index (χ4n) is 2.60. The van der Waals surface area contributed by atoms with Crippen molar-refractivity contribution in [3.8, 4) is 11.3 Å². The number of carbonyl (C=O) groups is 1. The van der Waals surface area contributed by atoms with E-state index in [4.69, 9.17) is 0 Å². The van der Waals surface area contributed by atoms with Crippen molar-refractivity contribution >= 4 is 22.6 Å². The second-order valence-electron chi connectivity index (χ2n) is 5.49. The van der Waals surface area contributed by atoms with E-state index >= 15 is 0 Å². The minimum Gasteiger partial charge on any atom is -0.321 e. The average Bonchev–Trinajstić information content (AvgIpc) is 2.68. The van der Waals surface area contributed by atoms with E-state index in [0.29, 0.717) is 22.3 Å². The van der Waals surface area contributed by atoms with Crippen LogP contribution in [0.15, 0.2) is 79.3 Å². The van der Waals surface area contributed by atoms with E-state index in [9.17, 15) is 4.79 Å². The van der Waals surface area contributed by atoms with Crippen molar-refractivity contribution in [2.75, 3.05) is 5.32 Å². The van der Waals surface area contributed by atoms with Gasteiger partial charge < -0.3 is 5.32 Å². The number of aromatic nitrogens is 3. The van der Waals surface area contributed by atoms with Crippen molar-refractivity contribution in [3.63, 3.8) is 0 Å². The number of nitrogens with zero attached hydrogens (tertiary/aromatic N) is 3. The molecule has 0 saturated heterocycles. The molecule has 0 fully saturated rings. The molecule has 1 amide bonds. The Labute approximate surface area is 144 Å². The molecule has 2 heterocycles. The highest BCUT2D eigenvalue weighted by molar-refractivity contribution is 6.11. The number of fused-ring (bicyclic) bond motifs is 1. The SMILES string of the molecule is O=C(Nc1cccnc1)c1cccc2ncc(-c3ccccc3)nc12. The van der Waals surface area contributed by atoms with Gasteiger partial charge in [-0.2, -0.15) is 0 Å². The molecule has 4 rings (SSSR count). The smallest absolute Gasteiger partial charge is 0.257 e. The second kappa shape index (κ2) is 6.49. The van der Waals surface area contributed by atoms with Crippen LogP contribution in [0.5, 0.6) is 0 Å². The summed E-state index contributed by atoms with van der Waals surface area (Å²) in [5.74, 6) is -0.238. The predicted octanol–water partition coefficient (Wildman–Crippen LogP) is 3.94. The number of rotatable bonds is 3. The zero-order valence-electron chi connectivity index (χ0n) is 13.3. The van der Waals surface area contributed by atoms with Gasteiger partial charge in [-0.25, -0.2) is 4.98 Å². The molecule has 5 nitrogen and oxygen atoms in total. The lowest BCUT2D eigenvalue weighted by molar-refractivity contribution is 0.102. The first-order valence-electron chi connectivity index (χ1n) is 7.84. The fraction of sp³-hybridized carbons (Fsp3) is 0.